The predicted octanol–water partition coefficient (Wildman–Crippen LogP) is 1.86. The van der Waals surface area contributed by atoms with Gasteiger partial charge in [-0.2, -0.15) is 0 Å². The van der Waals surface area contributed by atoms with Crippen LogP contribution >= 0.6 is 0 Å². The highest BCUT2D eigenvalue weighted by atomic mass is 16.4. The van der Waals surface area contributed by atoms with Crippen molar-refractivity contribution in [2.75, 3.05) is 6.54 Å². The smallest absolute Gasteiger partial charge is 0.303 e. The van der Waals surface area contributed by atoms with Crippen LogP contribution in [0.5, 0.6) is 0 Å². The molecule has 0 aromatic rings. The molecule has 0 aliphatic heterocycles. The van der Waals surface area contributed by atoms with E-state index < -0.39 is 5.97 Å². The second-order valence-corrected chi connectivity index (χ2v) is 6.07. The van der Waals surface area contributed by atoms with Crippen LogP contribution < -0.4 is 5.73 Å². The first kappa shape index (κ1) is 10.6. The third kappa shape index (κ3) is 1.15. The molecule has 0 amide bonds. The second kappa shape index (κ2) is 3.46. The fraction of sp³-hybridized carbons (Fsp3) is 0.923. The topological polar surface area (TPSA) is 63.3 Å². The maximum Gasteiger partial charge on any atom is 0.303 e. The summed E-state index contributed by atoms with van der Waals surface area (Å²) in [6.07, 6.45) is 6.76. The van der Waals surface area contributed by atoms with Crippen LogP contribution in [0.25, 0.3) is 0 Å². The zero-order chi connectivity index (χ0) is 11.3. The summed E-state index contributed by atoms with van der Waals surface area (Å²) in [5.74, 6) is 2.33. The van der Waals surface area contributed by atoms with Crippen LogP contribution in [0, 0.1) is 29.1 Å². The number of hydrogen-bond acceptors (Lipinski definition) is 2. The SMILES string of the molecule is NC[C@@]1(CC(=O)O)[C@@H]2CCCC3CC[C@H]1[C@@H]32. The Morgan fingerprint density at radius 1 is 1.25 bits per heavy atom. The van der Waals surface area contributed by atoms with Crippen LogP contribution in [-0.4, -0.2) is 17.6 Å². The molecule has 0 heterocycles. The first-order valence-electron chi connectivity index (χ1n) is 6.61. The molecule has 3 saturated carbocycles. The van der Waals surface area contributed by atoms with Crippen LogP contribution in [0.2, 0.25) is 0 Å². The molecule has 0 spiro atoms. The van der Waals surface area contributed by atoms with Crippen LogP contribution in [0.4, 0.5) is 0 Å². The minimum Gasteiger partial charge on any atom is -0.481 e. The molecule has 3 aliphatic rings. The van der Waals surface area contributed by atoms with Gasteiger partial charge in [0, 0.05) is 0 Å². The highest BCUT2D eigenvalue weighted by molar-refractivity contribution is 5.68. The molecule has 90 valence electrons. The minimum atomic E-state index is -0.655. The van der Waals surface area contributed by atoms with E-state index in [1.54, 1.807) is 0 Å². The Morgan fingerprint density at radius 3 is 2.69 bits per heavy atom. The molecule has 3 heteroatoms. The van der Waals surface area contributed by atoms with Crippen molar-refractivity contribution in [3.63, 3.8) is 0 Å². The normalized spacial score (nSPS) is 49.6. The molecule has 3 fully saturated rings. The van der Waals surface area contributed by atoms with E-state index in [-0.39, 0.29) is 5.41 Å². The Balaban J connectivity index is 1.87. The molecule has 3 N–H and O–H groups in total. The lowest BCUT2D eigenvalue weighted by Crippen LogP contribution is -2.61. The molecule has 1 unspecified atom stereocenters. The minimum absolute atomic E-state index is 0.0360. The molecular weight excluding hydrogens is 202 g/mol. The molecular formula is C13H21NO2. The largest absolute Gasteiger partial charge is 0.481 e. The average Bonchev–Trinajstić information content (AvgIpc) is 2.67. The number of aliphatic carboxylic acids is 1. The van der Waals surface area contributed by atoms with Gasteiger partial charge < -0.3 is 10.8 Å². The fourth-order valence-electron chi connectivity index (χ4n) is 5.26. The Morgan fingerprint density at radius 2 is 2.00 bits per heavy atom. The summed E-state index contributed by atoms with van der Waals surface area (Å²) in [6, 6.07) is 0. The first-order valence-corrected chi connectivity index (χ1v) is 6.61. The van der Waals surface area contributed by atoms with E-state index >= 15 is 0 Å². The summed E-state index contributed by atoms with van der Waals surface area (Å²) >= 11 is 0. The quantitative estimate of drug-likeness (QED) is 0.767. The van der Waals surface area contributed by atoms with Crippen LogP contribution in [0.15, 0.2) is 0 Å². The van der Waals surface area contributed by atoms with Crippen LogP contribution in [-0.2, 0) is 4.79 Å². The van der Waals surface area contributed by atoms with E-state index in [1.165, 1.54) is 32.1 Å². The first-order chi connectivity index (χ1) is 7.69. The number of carbonyl (C=O) groups is 1. The van der Waals surface area contributed by atoms with E-state index in [4.69, 9.17) is 10.8 Å². The van der Waals surface area contributed by atoms with Crippen molar-refractivity contribution in [2.45, 2.75) is 38.5 Å². The van der Waals surface area contributed by atoms with Crippen molar-refractivity contribution in [3.05, 3.63) is 0 Å². The molecule has 0 bridgehead atoms. The van der Waals surface area contributed by atoms with E-state index in [1.807, 2.05) is 0 Å². The lowest BCUT2D eigenvalue weighted by molar-refractivity contribution is -0.165. The highest BCUT2D eigenvalue weighted by Crippen LogP contribution is 2.69. The number of nitrogens with two attached hydrogens (primary N) is 1. The Labute approximate surface area is 96.4 Å². The molecule has 0 aromatic heterocycles. The zero-order valence-electron chi connectivity index (χ0n) is 9.69. The van der Waals surface area contributed by atoms with Crippen molar-refractivity contribution < 1.29 is 9.90 Å². The molecule has 0 aromatic carbocycles. The Bertz CT molecular complexity index is 317. The molecule has 16 heavy (non-hydrogen) atoms. The van der Waals surface area contributed by atoms with Crippen molar-refractivity contribution in [3.8, 4) is 0 Å². The van der Waals surface area contributed by atoms with E-state index in [9.17, 15) is 4.79 Å². The summed E-state index contributed by atoms with van der Waals surface area (Å²) in [4.78, 5) is 11.1. The van der Waals surface area contributed by atoms with Gasteiger partial charge in [-0.15, -0.1) is 0 Å². The lowest BCUT2D eigenvalue weighted by Gasteiger charge is -2.62. The second-order valence-electron chi connectivity index (χ2n) is 6.07. The maximum absolute atomic E-state index is 11.1. The van der Waals surface area contributed by atoms with Crippen molar-refractivity contribution >= 4 is 5.97 Å². The van der Waals surface area contributed by atoms with E-state index in [0.29, 0.717) is 24.8 Å². The standard InChI is InChI=1S/C13H21NO2/c14-7-13(6-11(15)16)9-3-1-2-8-4-5-10(13)12(8)9/h8-10,12H,1-7,14H2,(H,15,16)/t8?,9-,10+,12+,13+/m1/s1. The molecule has 5 atom stereocenters. The zero-order valence-corrected chi connectivity index (χ0v) is 9.69. The Hall–Kier alpha value is -0.570. The fourth-order valence-corrected chi connectivity index (χ4v) is 5.26. The number of hydrogen-bond donors (Lipinski definition) is 2. The number of carboxylic acids is 1. The van der Waals surface area contributed by atoms with Gasteiger partial charge >= 0.3 is 5.97 Å². The summed E-state index contributed by atoms with van der Waals surface area (Å²) in [7, 11) is 0. The monoisotopic (exact) mass is 223 g/mol. The van der Waals surface area contributed by atoms with E-state index in [2.05, 4.69) is 0 Å². The highest BCUT2D eigenvalue weighted by Gasteiger charge is 2.65. The molecule has 3 aliphatic carbocycles. The maximum atomic E-state index is 11.1. The van der Waals surface area contributed by atoms with Gasteiger partial charge in [0.05, 0.1) is 6.42 Å². The predicted molar refractivity (Wildman–Crippen MR) is 60.8 cm³/mol. The molecule has 3 nitrogen and oxygen atoms in total. The van der Waals surface area contributed by atoms with Gasteiger partial charge in [0.2, 0.25) is 0 Å². The van der Waals surface area contributed by atoms with Gasteiger partial charge in [-0.3, -0.25) is 4.79 Å². The molecule has 0 radical (unpaired) electrons. The van der Waals surface area contributed by atoms with Gasteiger partial charge in [-0.25, -0.2) is 0 Å². The van der Waals surface area contributed by atoms with Crippen molar-refractivity contribution in [1.82, 2.24) is 0 Å². The average molecular weight is 223 g/mol. The summed E-state index contributed by atoms with van der Waals surface area (Å²) < 4.78 is 0. The molecule has 0 saturated heterocycles. The van der Waals surface area contributed by atoms with Gasteiger partial charge in [-0.1, -0.05) is 12.8 Å². The van der Waals surface area contributed by atoms with Gasteiger partial charge in [0.25, 0.3) is 0 Å². The summed E-state index contributed by atoms with van der Waals surface area (Å²) in [6.45, 7) is 0.581. The van der Waals surface area contributed by atoms with Crippen molar-refractivity contribution in [1.29, 1.82) is 0 Å². The lowest BCUT2D eigenvalue weighted by atomic mass is 9.42. The summed E-state index contributed by atoms with van der Waals surface area (Å²) in [5.41, 5.74) is 5.91. The van der Waals surface area contributed by atoms with Crippen LogP contribution in [0.1, 0.15) is 38.5 Å². The third-order valence-corrected chi connectivity index (χ3v) is 5.75. The molecule has 3 rings (SSSR count). The summed E-state index contributed by atoms with van der Waals surface area (Å²) in [5, 5.41) is 9.11. The third-order valence-electron chi connectivity index (χ3n) is 5.75. The van der Waals surface area contributed by atoms with Gasteiger partial charge in [-0.05, 0) is 54.9 Å². The van der Waals surface area contributed by atoms with Gasteiger partial charge in [0.1, 0.15) is 0 Å². The van der Waals surface area contributed by atoms with Crippen LogP contribution in [0.3, 0.4) is 0 Å². The number of rotatable bonds is 3. The van der Waals surface area contributed by atoms with Gasteiger partial charge in [0.15, 0.2) is 0 Å². The van der Waals surface area contributed by atoms with E-state index in [0.717, 1.165) is 11.8 Å². The Kier molecular flexibility index (Phi) is 2.29. The van der Waals surface area contributed by atoms with Crippen molar-refractivity contribution in [2.24, 2.45) is 34.8 Å². The number of carboxylic acid groups (broad SMARTS) is 1.